The van der Waals surface area contributed by atoms with E-state index >= 15 is 0 Å². The minimum atomic E-state index is -0.251. The normalized spacial score (nSPS) is 12.1. The zero-order valence-electron chi connectivity index (χ0n) is 17.2. The number of aromatic nitrogens is 3. The van der Waals surface area contributed by atoms with Crippen LogP contribution in [-0.4, -0.2) is 32.7 Å². The third-order valence-electron chi connectivity index (χ3n) is 5.28. The van der Waals surface area contributed by atoms with Crippen molar-refractivity contribution in [1.29, 1.82) is 0 Å². The Balaban J connectivity index is 2.12. The molecule has 0 bridgehead atoms. The summed E-state index contributed by atoms with van der Waals surface area (Å²) in [5.41, 5.74) is 6.57. The van der Waals surface area contributed by atoms with Gasteiger partial charge in [-0.25, -0.2) is 4.68 Å². The van der Waals surface area contributed by atoms with Crippen molar-refractivity contribution in [3.8, 4) is 0 Å². The Kier molecular flexibility index (Phi) is 6.44. The molecule has 3 rings (SSSR count). The van der Waals surface area contributed by atoms with Gasteiger partial charge in [0.05, 0.1) is 31.7 Å². The van der Waals surface area contributed by atoms with Crippen LogP contribution in [0, 0.1) is 13.8 Å². The molecular formula is C23H27N3O3. The first-order chi connectivity index (χ1) is 14.0. The predicted molar refractivity (Wildman–Crippen MR) is 113 cm³/mol. The molecule has 0 aliphatic carbocycles. The van der Waals surface area contributed by atoms with E-state index in [0.717, 1.165) is 38.9 Å². The van der Waals surface area contributed by atoms with Gasteiger partial charge in [-0.05, 0) is 54.7 Å². The molecule has 0 saturated heterocycles. The molecule has 3 aromatic rings. The second kappa shape index (κ2) is 9.01. The van der Waals surface area contributed by atoms with Crippen LogP contribution in [0.5, 0.6) is 0 Å². The fourth-order valence-electron chi connectivity index (χ4n) is 3.69. The molecule has 1 unspecified atom stereocenters. The Morgan fingerprint density at radius 3 is 2.79 bits per heavy atom. The number of hydrogen-bond donors (Lipinski definition) is 1. The van der Waals surface area contributed by atoms with E-state index in [4.69, 9.17) is 4.74 Å². The molecule has 6 nitrogen and oxygen atoms in total. The van der Waals surface area contributed by atoms with Gasteiger partial charge in [0.15, 0.2) is 0 Å². The number of carbonyl (C=O) groups excluding carboxylic acids is 1. The summed E-state index contributed by atoms with van der Waals surface area (Å²) in [5.74, 6) is -0.452. The van der Waals surface area contributed by atoms with Crippen molar-refractivity contribution in [2.45, 2.75) is 46.3 Å². The monoisotopic (exact) mass is 393 g/mol. The lowest BCUT2D eigenvalue weighted by molar-refractivity contribution is -0.143. The number of nitrogens with zero attached hydrogens (tertiary/aromatic N) is 3. The van der Waals surface area contributed by atoms with Crippen LogP contribution in [0.4, 0.5) is 0 Å². The maximum atomic E-state index is 12.4. The molecule has 0 aliphatic heterocycles. The Bertz CT molecular complexity index is 1040. The fourth-order valence-corrected chi connectivity index (χ4v) is 3.69. The highest BCUT2D eigenvalue weighted by molar-refractivity contribution is 5.80. The number of benzene rings is 2. The molecule has 29 heavy (non-hydrogen) atoms. The van der Waals surface area contributed by atoms with Crippen LogP contribution in [0.2, 0.25) is 0 Å². The molecule has 1 N–H and O–H groups in total. The van der Waals surface area contributed by atoms with Crippen molar-refractivity contribution in [1.82, 2.24) is 15.0 Å². The van der Waals surface area contributed by atoms with Crippen LogP contribution in [0.1, 0.15) is 47.1 Å². The number of hydrogen-bond acceptors (Lipinski definition) is 5. The number of aliphatic hydroxyl groups is 1. The zero-order valence-corrected chi connectivity index (χ0v) is 17.2. The van der Waals surface area contributed by atoms with Crippen molar-refractivity contribution in [2.75, 3.05) is 6.61 Å². The van der Waals surface area contributed by atoms with Gasteiger partial charge in [-0.3, -0.25) is 4.79 Å². The molecule has 0 fully saturated rings. The lowest BCUT2D eigenvalue weighted by atomic mass is 9.84. The van der Waals surface area contributed by atoms with Gasteiger partial charge in [0.2, 0.25) is 0 Å². The second-order valence-corrected chi connectivity index (χ2v) is 7.11. The number of esters is 1. The van der Waals surface area contributed by atoms with Crippen LogP contribution in [0.3, 0.4) is 0 Å². The topological polar surface area (TPSA) is 77.2 Å². The van der Waals surface area contributed by atoms with Gasteiger partial charge in [-0.1, -0.05) is 35.6 Å². The van der Waals surface area contributed by atoms with Crippen LogP contribution in [0.15, 0.2) is 43.0 Å². The summed E-state index contributed by atoms with van der Waals surface area (Å²) in [5, 5.41) is 18.3. The van der Waals surface area contributed by atoms with Crippen molar-refractivity contribution in [3.05, 3.63) is 70.8 Å². The summed E-state index contributed by atoms with van der Waals surface area (Å²) in [6, 6.07) is 9.98. The first kappa shape index (κ1) is 20.7. The van der Waals surface area contributed by atoms with Gasteiger partial charge in [0.25, 0.3) is 0 Å². The number of aliphatic hydroxyl groups excluding tert-OH is 1. The minimum Gasteiger partial charge on any atom is -0.466 e. The molecule has 1 heterocycles. The maximum absolute atomic E-state index is 12.4. The van der Waals surface area contributed by atoms with E-state index in [-0.39, 0.29) is 24.9 Å². The molecule has 2 aromatic carbocycles. The molecule has 6 heteroatoms. The fraction of sp³-hybridized carbons (Fsp3) is 0.348. The number of allylic oxidation sites excluding steroid dienone is 1. The van der Waals surface area contributed by atoms with Crippen LogP contribution in [-0.2, 0) is 22.7 Å². The Hall–Kier alpha value is -2.99. The van der Waals surface area contributed by atoms with Crippen molar-refractivity contribution < 1.29 is 14.6 Å². The average Bonchev–Trinajstić information content (AvgIpc) is 3.12. The maximum Gasteiger partial charge on any atom is 0.306 e. The SMILES string of the molecule is C=CCn1nnc2c(C)c(C(CC(=O)OCC)c3ccc(C)c(CO)c3)ccc21. The smallest absolute Gasteiger partial charge is 0.306 e. The second-order valence-electron chi connectivity index (χ2n) is 7.11. The first-order valence-electron chi connectivity index (χ1n) is 9.79. The van der Waals surface area contributed by atoms with Crippen LogP contribution >= 0.6 is 0 Å². The van der Waals surface area contributed by atoms with Crippen LogP contribution < -0.4 is 0 Å². The van der Waals surface area contributed by atoms with Crippen molar-refractivity contribution in [3.63, 3.8) is 0 Å². The summed E-state index contributed by atoms with van der Waals surface area (Å²) in [6.07, 6.45) is 2.00. The molecule has 152 valence electrons. The third kappa shape index (κ3) is 4.22. The van der Waals surface area contributed by atoms with E-state index in [0.29, 0.717) is 13.2 Å². The Morgan fingerprint density at radius 2 is 2.10 bits per heavy atom. The summed E-state index contributed by atoms with van der Waals surface area (Å²) >= 11 is 0. The zero-order chi connectivity index (χ0) is 21.0. The third-order valence-corrected chi connectivity index (χ3v) is 5.28. The molecule has 0 spiro atoms. The molecule has 1 atom stereocenters. The molecule has 1 aromatic heterocycles. The van der Waals surface area contributed by atoms with E-state index < -0.39 is 0 Å². The number of rotatable bonds is 8. The summed E-state index contributed by atoms with van der Waals surface area (Å²) in [7, 11) is 0. The van der Waals surface area contributed by atoms with Gasteiger partial charge >= 0.3 is 5.97 Å². The molecule has 0 saturated carbocycles. The minimum absolute atomic E-state index is 0.0420. The van der Waals surface area contributed by atoms with Gasteiger partial charge in [-0.15, -0.1) is 11.7 Å². The molecule has 0 radical (unpaired) electrons. The number of aryl methyl sites for hydroxylation is 2. The number of fused-ring (bicyclic) bond motifs is 1. The van der Waals surface area contributed by atoms with E-state index in [9.17, 15) is 9.90 Å². The number of ether oxygens (including phenoxy) is 1. The summed E-state index contributed by atoms with van der Waals surface area (Å²) in [6.45, 7) is 10.4. The van der Waals surface area contributed by atoms with E-state index in [1.165, 1.54) is 0 Å². The quantitative estimate of drug-likeness (QED) is 0.465. The number of carbonyl (C=O) groups is 1. The van der Waals surface area contributed by atoms with Crippen molar-refractivity contribution in [2.24, 2.45) is 0 Å². The molecule has 0 amide bonds. The highest BCUT2D eigenvalue weighted by Crippen LogP contribution is 2.34. The van der Waals surface area contributed by atoms with E-state index in [1.54, 1.807) is 17.7 Å². The summed E-state index contributed by atoms with van der Waals surface area (Å²) < 4.78 is 7.03. The van der Waals surface area contributed by atoms with Crippen molar-refractivity contribution >= 4 is 17.0 Å². The van der Waals surface area contributed by atoms with Gasteiger partial charge in [-0.2, -0.15) is 0 Å². The lowest BCUT2D eigenvalue weighted by Crippen LogP contribution is -2.13. The molecular weight excluding hydrogens is 366 g/mol. The largest absolute Gasteiger partial charge is 0.466 e. The van der Waals surface area contributed by atoms with E-state index in [1.807, 2.05) is 44.2 Å². The highest BCUT2D eigenvalue weighted by atomic mass is 16.5. The first-order valence-corrected chi connectivity index (χ1v) is 9.79. The van der Waals surface area contributed by atoms with Gasteiger partial charge in [0.1, 0.15) is 5.52 Å². The summed E-state index contributed by atoms with van der Waals surface area (Å²) in [4.78, 5) is 12.4. The van der Waals surface area contributed by atoms with Gasteiger partial charge in [0, 0.05) is 5.92 Å². The molecule has 0 aliphatic rings. The van der Waals surface area contributed by atoms with E-state index in [2.05, 4.69) is 16.9 Å². The lowest BCUT2D eigenvalue weighted by Gasteiger charge is -2.21. The van der Waals surface area contributed by atoms with Gasteiger partial charge < -0.3 is 9.84 Å². The van der Waals surface area contributed by atoms with Crippen LogP contribution in [0.25, 0.3) is 11.0 Å². The standard InChI is InChI=1S/C23H27N3O3/c1-5-11-26-21-10-9-19(16(4)23(21)24-25-26)20(13-22(28)29-6-2)17-8-7-15(3)18(12-17)14-27/h5,7-10,12,20,27H,1,6,11,13-14H2,2-4H3. The predicted octanol–water partition coefficient (Wildman–Crippen LogP) is 3.81. The Labute approximate surface area is 170 Å². The Morgan fingerprint density at radius 1 is 1.31 bits per heavy atom. The average molecular weight is 393 g/mol. The highest BCUT2D eigenvalue weighted by Gasteiger charge is 2.23.